The van der Waals surface area contributed by atoms with E-state index in [4.69, 9.17) is 9.47 Å². The van der Waals surface area contributed by atoms with E-state index in [2.05, 4.69) is 19.9 Å². The van der Waals surface area contributed by atoms with Gasteiger partial charge >= 0.3 is 5.97 Å². The summed E-state index contributed by atoms with van der Waals surface area (Å²) in [5, 5.41) is 9.48. The Balaban J connectivity index is 1.42. The average Bonchev–Trinajstić information content (AvgIpc) is 3.25. The van der Waals surface area contributed by atoms with Crippen molar-refractivity contribution in [2.24, 2.45) is 11.3 Å². The number of methoxy groups -OCH3 is 1. The van der Waals surface area contributed by atoms with Crippen molar-refractivity contribution in [3.8, 4) is 22.6 Å². The maximum atomic E-state index is 15.1. The topological polar surface area (TPSA) is 55.8 Å². The zero-order valence-corrected chi connectivity index (χ0v) is 23.2. The Morgan fingerprint density at radius 1 is 1.00 bits per heavy atom. The van der Waals surface area contributed by atoms with Gasteiger partial charge in [0.05, 0.1) is 13.5 Å². The molecule has 39 heavy (non-hydrogen) atoms. The smallest absolute Gasteiger partial charge is 0.303 e. The van der Waals surface area contributed by atoms with Crippen molar-refractivity contribution in [1.82, 2.24) is 0 Å². The zero-order valence-electron chi connectivity index (χ0n) is 23.2. The predicted molar refractivity (Wildman–Crippen MR) is 152 cm³/mol. The van der Waals surface area contributed by atoms with Crippen LogP contribution in [0.15, 0.2) is 60.7 Å². The molecule has 0 amide bonds. The zero-order chi connectivity index (χ0) is 27.6. The Labute approximate surface area is 231 Å². The van der Waals surface area contributed by atoms with Crippen molar-refractivity contribution in [2.45, 2.75) is 77.2 Å². The molecule has 0 heterocycles. The molecule has 0 bridgehead atoms. The van der Waals surface area contributed by atoms with Gasteiger partial charge in [0, 0.05) is 5.56 Å². The van der Waals surface area contributed by atoms with Gasteiger partial charge in [-0.05, 0) is 101 Å². The Morgan fingerprint density at radius 2 is 1.82 bits per heavy atom. The molecule has 4 nitrogen and oxygen atoms in total. The minimum atomic E-state index is -0.756. The number of hydrogen-bond donors (Lipinski definition) is 1. The molecule has 206 valence electrons. The Kier molecular flexibility index (Phi) is 7.97. The van der Waals surface area contributed by atoms with E-state index < -0.39 is 5.97 Å². The lowest BCUT2D eigenvalue weighted by atomic mass is 9.72. The lowest BCUT2D eigenvalue weighted by Crippen LogP contribution is -2.22. The number of ether oxygens (including phenoxy) is 2. The van der Waals surface area contributed by atoms with Crippen LogP contribution < -0.4 is 9.47 Å². The molecule has 0 unspecified atom stereocenters. The second-order valence-electron chi connectivity index (χ2n) is 12.0. The van der Waals surface area contributed by atoms with E-state index in [0.29, 0.717) is 29.8 Å². The number of rotatable bonds is 10. The summed E-state index contributed by atoms with van der Waals surface area (Å²) in [4.78, 5) is 11.5. The molecule has 1 N–H and O–H groups in total. The third-order valence-electron chi connectivity index (χ3n) is 9.02. The van der Waals surface area contributed by atoms with Crippen molar-refractivity contribution >= 4 is 5.97 Å². The Bertz CT molecular complexity index is 1330. The maximum Gasteiger partial charge on any atom is 0.303 e. The highest BCUT2D eigenvalue weighted by atomic mass is 19.1. The van der Waals surface area contributed by atoms with E-state index in [1.807, 2.05) is 36.4 Å². The standard InChI is InChI=1S/C34H39FO4/c1-34(2)16-6-11-31(34)29-17-22(12-14-27(29)30-19-25(38-3)13-15-32(30)35)21-39-26-10-5-9-24(18-26)28(20-33(36)37)23-7-4-8-23/h5,9-10,12-15,17-19,23,28,31H,4,6-8,11,16,20-21H2,1-3H3,(H,36,37)/t28-,31-/m1/s1. The van der Waals surface area contributed by atoms with E-state index in [1.165, 1.54) is 12.5 Å². The first kappa shape index (κ1) is 27.2. The molecule has 3 aromatic carbocycles. The van der Waals surface area contributed by atoms with E-state index in [-0.39, 0.29) is 23.6 Å². The molecule has 2 aliphatic carbocycles. The molecular formula is C34H39FO4. The van der Waals surface area contributed by atoms with Gasteiger partial charge in [0.1, 0.15) is 23.9 Å². The maximum absolute atomic E-state index is 15.1. The van der Waals surface area contributed by atoms with Crippen LogP contribution in [0.4, 0.5) is 4.39 Å². The van der Waals surface area contributed by atoms with Crippen LogP contribution in [0.25, 0.3) is 11.1 Å². The predicted octanol–water partition coefficient (Wildman–Crippen LogP) is 8.73. The summed E-state index contributed by atoms with van der Waals surface area (Å²) in [7, 11) is 1.60. The van der Waals surface area contributed by atoms with Crippen molar-refractivity contribution < 1.29 is 23.8 Å². The summed E-state index contributed by atoms with van der Waals surface area (Å²) in [6.07, 6.45) is 6.87. The van der Waals surface area contributed by atoms with Gasteiger partial charge in [0.2, 0.25) is 0 Å². The molecule has 0 spiro atoms. The van der Waals surface area contributed by atoms with Gasteiger partial charge in [-0.15, -0.1) is 0 Å². The molecular weight excluding hydrogens is 491 g/mol. The number of hydrogen-bond acceptors (Lipinski definition) is 3. The van der Waals surface area contributed by atoms with E-state index in [0.717, 1.165) is 60.1 Å². The summed E-state index contributed by atoms with van der Waals surface area (Å²) >= 11 is 0. The molecule has 0 aliphatic heterocycles. The van der Waals surface area contributed by atoms with Crippen LogP contribution in [0.3, 0.4) is 0 Å². The van der Waals surface area contributed by atoms with Gasteiger partial charge in [-0.3, -0.25) is 4.79 Å². The fourth-order valence-corrected chi connectivity index (χ4v) is 6.57. The first-order chi connectivity index (χ1) is 18.7. The molecule has 3 aromatic rings. The summed E-state index contributed by atoms with van der Waals surface area (Å²) in [6, 6.07) is 19.1. The number of carbonyl (C=O) groups is 1. The van der Waals surface area contributed by atoms with Crippen LogP contribution in [0, 0.1) is 17.2 Å². The fraction of sp³-hybridized carbons (Fsp3) is 0.441. The quantitative estimate of drug-likeness (QED) is 0.285. The van der Waals surface area contributed by atoms with Gasteiger partial charge in [-0.2, -0.15) is 0 Å². The van der Waals surface area contributed by atoms with Gasteiger partial charge in [-0.1, -0.05) is 57.0 Å². The number of halogens is 1. The fourth-order valence-electron chi connectivity index (χ4n) is 6.57. The first-order valence-electron chi connectivity index (χ1n) is 14.2. The molecule has 2 aliphatic rings. The van der Waals surface area contributed by atoms with Crippen LogP contribution in [0.5, 0.6) is 11.5 Å². The second-order valence-corrected chi connectivity index (χ2v) is 12.0. The Morgan fingerprint density at radius 3 is 2.49 bits per heavy atom. The number of carboxylic acids is 1. The molecule has 5 heteroatoms. The molecule has 2 atom stereocenters. The monoisotopic (exact) mass is 530 g/mol. The van der Waals surface area contributed by atoms with Gasteiger partial charge in [0.25, 0.3) is 0 Å². The van der Waals surface area contributed by atoms with Crippen LogP contribution in [-0.2, 0) is 11.4 Å². The van der Waals surface area contributed by atoms with E-state index in [1.54, 1.807) is 19.2 Å². The number of aliphatic carboxylic acids is 1. The molecule has 2 saturated carbocycles. The largest absolute Gasteiger partial charge is 0.497 e. The number of benzene rings is 3. The first-order valence-corrected chi connectivity index (χ1v) is 14.2. The summed E-state index contributed by atoms with van der Waals surface area (Å²) in [6.45, 7) is 5.00. The third-order valence-corrected chi connectivity index (χ3v) is 9.02. The summed E-state index contributed by atoms with van der Waals surface area (Å²) in [5.41, 5.74) is 4.83. The van der Waals surface area contributed by atoms with Gasteiger partial charge in [0.15, 0.2) is 0 Å². The van der Waals surface area contributed by atoms with Gasteiger partial charge in [-0.25, -0.2) is 4.39 Å². The van der Waals surface area contributed by atoms with Crippen molar-refractivity contribution in [3.63, 3.8) is 0 Å². The van der Waals surface area contributed by atoms with Crippen LogP contribution in [0.1, 0.15) is 87.3 Å². The van der Waals surface area contributed by atoms with E-state index >= 15 is 4.39 Å². The molecule has 0 radical (unpaired) electrons. The molecule has 0 aromatic heterocycles. The second kappa shape index (κ2) is 11.4. The third kappa shape index (κ3) is 5.98. The Hall–Kier alpha value is -3.34. The molecule has 2 fully saturated rings. The lowest BCUT2D eigenvalue weighted by molar-refractivity contribution is -0.138. The summed E-state index contributed by atoms with van der Waals surface area (Å²) < 4.78 is 26.7. The number of carboxylic acid groups (broad SMARTS) is 1. The van der Waals surface area contributed by atoms with Gasteiger partial charge < -0.3 is 14.6 Å². The van der Waals surface area contributed by atoms with Crippen LogP contribution >= 0.6 is 0 Å². The average molecular weight is 531 g/mol. The molecule has 0 saturated heterocycles. The van der Waals surface area contributed by atoms with Crippen LogP contribution in [-0.4, -0.2) is 18.2 Å². The normalized spacial score (nSPS) is 19.3. The highest BCUT2D eigenvalue weighted by molar-refractivity contribution is 5.71. The van der Waals surface area contributed by atoms with E-state index in [9.17, 15) is 9.90 Å². The van der Waals surface area contributed by atoms with Crippen molar-refractivity contribution in [3.05, 3.63) is 83.2 Å². The highest BCUT2D eigenvalue weighted by Gasteiger charge is 2.37. The van der Waals surface area contributed by atoms with Crippen molar-refractivity contribution in [2.75, 3.05) is 7.11 Å². The summed E-state index contributed by atoms with van der Waals surface area (Å²) in [5.74, 6) is 1.14. The minimum absolute atomic E-state index is 0.0213. The molecule has 5 rings (SSSR count). The SMILES string of the molecule is COc1ccc(F)c(-c2ccc(COc3cccc([C@H](CC(=O)O)C4CCC4)c3)cc2[C@H]2CCCC2(C)C)c1. The minimum Gasteiger partial charge on any atom is -0.497 e. The highest BCUT2D eigenvalue weighted by Crippen LogP contribution is 2.51. The lowest BCUT2D eigenvalue weighted by Gasteiger charge is -2.33. The van der Waals surface area contributed by atoms with Crippen LogP contribution in [0.2, 0.25) is 0 Å². The van der Waals surface area contributed by atoms with Crippen molar-refractivity contribution in [1.29, 1.82) is 0 Å².